The fourth-order valence-corrected chi connectivity index (χ4v) is 4.88. The maximum atomic E-state index is 12.8. The third-order valence-electron chi connectivity index (χ3n) is 5.27. The highest BCUT2D eigenvalue weighted by Gasteiger charge is 2.35. The van der Waals surface area contributed by atoms with Crippen molar-refractivity contribution in [2.24, 2.45) is 0 Å². The number of aryl methyl sites for hydroxylation is 2. The Bertz CT molecular complexity index is 798. The highest BCUT2D eigenvalue weighted by atomic mass is 32.1. The van der Waals surface area contributed by atoms with Crippen molar-refractivity contribution in [2.45, 2.75) is 38.8 Å². The van der Waals surface area contributed by atoms with E-state index in [0.29, 0.717) is 24.8 Å². The van der Waals surface area contributed by atoms with Gasteiger partial charge in [-0.3, -0.25) is 9.69 Å². The SMILES string of the molecule is Cc1nc(C)c(-c2cccc(C(=O)NC3COCC3N3CCCC3)c2)s1. The molecule has 6 heteroatoms. The van der Waals surface area contributed by atoms with Crippen LogP contribution in [0.2, 0.25) is 0 Å². The first-order chi connectivity index (χ1) is 12.6. The zero-order valence-corrected chi connectivity index (χ0v) is 16.1. The van der Waals surface area contributed by atoms with E-state index in [-0.39, 0.29) is 11.9 Å². The van der Waals surface area contributed by atoms with Gasteiger partial charge in [0, 0.05) is 5.56 Å². The molecule has 0 radical (unpaired) electrons. The molecule has 1 aromatic carbocycles. The van der Waals surface area contributed by atoms with Gasteiger partial charge in [0.05, 0.1) is 40.9 Å². The van der Waals surface area contributed by atoms with Crippen LogP contribution in [0.3, 0.4) is 0 Å². The number of aromatic nitrogens is 1. The summed E-state index contributed by atoms with van der Waals surface area (Å²) in [6.45, 7) is 7.56. The number of thiazole rings is 1. The average Bonchev–Trinajstić information content (AvgIpc) is 3.36. The van der Waals surface area contributed by atoms with E-state index in [1.54, 1.807) is 11.3 Å². The fraction of sp³-hybridized carbons (Fsp3) is 0.500. The second-order valence-corrected chi connectivity index (χ2v) is 8.36. The van der Waals surface area contributed by atoms with Crippen molar-refractivity contribution in [1.82, 2.24) is 15.2 Å². The fourth-order valence-electron chi connectivity index (χ4n) is 3.97. The summed E-state index contributed by atoms with van der Waals surface area (Å²) >= 11 is 1.67. The van der Waals surface area contributed by atoms with Gasteiger partial charge in [-0.05, 0) is 57.5 Å². The first-order valence-electron chi connectivity index (χ1n) is 9.29. The van der Waals surface area contributed by atoms with Crippen LogP contribution in [0.1, 0.15) is 33.9 Å². The molecular weight excluding hydrogens is 346 g/mol. The highest BCUT2D eigenvalue weighted by molar-refractivity contribution is 7.15. The lowest BCUT2D eigenvalue weighted by molar-refractivity contribution is 0.0916. The largest absolute Gasteiger partial charge is 0.378 e. The lowest BCUT2D eigenvalue weighted by atomic mass is 10.1. The molecule has 1 amide bonds. The van der Waals surface area contributed by atoms with Crippen LogP contribution in [-0.2, 0) is 4.74 Å². The molecule has 1 N–H and O–H groups in total. The third kappa shape index (κ3) is 3.54. The Morgan fingerprint density at radius 2 is 2.08 bits per heavy atom. The monoisotopic (exact) mass is 371 g/mol. The predicted octanol–water partition coefficient (Wildman–Crippen LogP) is 3.02. The van der Waals surface area contributed by atoms with Crippen molar-refractivity contribution in [1.29, 1.82) is 0 Å². The number of rotatable bonds is 4. The Morgan fingerprint density at radius 1 is 1.27 bits per heavy atom. The molecule has 26 heavy (non-hydrogen) atoms. The molecule has 138 valence electrons. The van der Waals surface area contributed by atoms with Crippen LogP contribution in [0.25, 0.3) is 10.4 Å². The van der Waals surface area contributed by atoms with Gasteiger partial charge in [0.2, 0.25) is 0 Å². The number of nitrogens with one attached hydrogen (secondary N) is 1. The number of hydrogen-bond acceptors (Lipinski definition) is 5. The van der Waals surface area contributed by atoms with E-state index in [9.17, 15) is 4.79 Å². The van der Waals surface area contributed by atoms with Crippen LogP contribution >= 0.6 is 11.3 Å². The van der Waals surface area contributed by atoms with E-state index in [4.69, 9.17) is 4.74 Å². The normalized spacial score (nSPS) is 23.5. The Hall–Kier alpha value is -1.76. The number of nitrogens with zero attached hydrogens (tertiary/aromatic N) is 2. The number of benzene rings is 1. The van der Waals surface area contributed by atoms with Crippen LogP contribution in [-0.4, -0.2) is 54.2 Å². The number of carbonyl (C=O) groups excluding carboxylic acids is 1. The molecule has 0 aliphatic carbocycles. The average molecular weight is 372 g/mol. The maximum absolute atomic E-state index is 12.8. The molecule has 2 saturated heterocycles. The second kappa shape index (κ2) is 7.47. The van der Waals surface area contributed by atoms with Crippen molar-refractivity contribution in [3.05, 3.63) is 40.5 Å². The Kier molecular flexibility index (Phi) is 5.07. The topological polar surface area (TPSA) is 54.5 Å². The molecule has 4 rings (SSSR count). The Balaban J connectivity index is 1.49. The summed E-state index contributed by atoms with van der Waals surface area (Å²) < 4.78 is 5.67. The Morgan fingerprint density at radius 3 is 2.81 bits per heavy atom. The van der Waals surface area contributed by atoms with E-state index >= 15 is 0 Å². The summed E-state index contributed by atoms with van der Waals surface area (Å²) in [5.41, 5.74) is 2.77. The summed E-state index contributed by atoms with van der Waals surface area (Å²) in [6, 6.07) is 8.20. The molecule has 2 aliphatic rings. The molecule has 1 aromatic heterocycles. The molecule has 0 spiro atoms. The molecule has 3 heterocycles. The van der Waals surface area contributed by atoms with E-state index in [2.05, 4.69) is 15.2 Å². The van der Waals surface area contributed by atoms with Crippen molar-refractivity contribution < 1.29 is 9.53 Å². The van der Waals surface area contributed by atoms with Gasteiger partial charge in [-0.2, -0.15) is 0 Å². The quantitative estimate of drug-likeness (QED) is 0.898. The number of ether oxygens (including phenoxy) is 1. The van der Waals surface area contributed by atoms with Crippen LogP contribution in [0.4, 0.5) is 0 Å². The minimum atomic E-state index is -0.0227. The number of amides is 1. The van der Waals surface area contributed by atoms with Crippen LogP contribution < -0.4 is 5.32 Å². The first-order valence-corrected chi connectivity index (χ1v) is 10.1. The molecule has 5 nitrogen and oxygen atoms in total. The van der Waals surface area contributed by atoms with E-state index in [0.717, 1.165) is 34.2 Å². The van der Waals surface area contributed by atoms with Crippen molar-refractivity contribution in [3.63, 3.8) is 0 Å². The number of likely N-dealkylation sites (tertiary alicyclic amines) is 1. The molecule has 2 aliphatic heterocycles. The van der Waals surface area contributed by atoms with Gasteiger partial charge in [-0.25, -0.2) is 4.98 Å². The maximum Gasteiger partial charge on any atom is 0.251 e. The Labute approximate surface area is 158 Å². The smallest absolute Gasteiger partial charge is 0.251 e. The summed E-state index contributed by atoms with van der Waals surface area (Å²) in [4.78, 5) is 20.9. The lowest BCUT2D eigenvalue weighted by Crippen LogP contribution is -2.50. The zero-order valence-electron chi connectivity index (χ0n) is 15.3. The zero-order chi connectivity index (χ0) is 18.1. The molecule has 2 unspecified atom stereocenters. The van der Waals surface area contributed by atoms with Crippen LogP contribution in [0.15, 0.2) is 24.3 Å². The van der Waals surface area contributed by atoms with E-state index < -0.39 is 0 Å². The van der Waals surface area contributed by atoms with Crippen molar-refractivity contribution >= 4 is 17.2 Å². The van der Waals surface area contributed by atoms with E-state index in [1.807, 2.05) is 38.1 Å². The minimum Gasteiger partial charge on any atom is -0.378 e. The lowest BCUT2D eigenvalue weighted by Gasteiger charge is -2.27. The van der Waals surface area contributed by atoms with Gasteiger partial charge in [0.25, 0.3) is 5.91 Å². The molecular formula is C20H25N3O2S. The van der Waals surface area contributed by atoms with Gasteiger partial charge < -0.3 is 10.1 Å². The van der Waals surface area contributed by atoms with Gasteiger partial charge in [-0.15, -0.1) is 11.3 Å². The summed E-state index contributed by atoms with van der Waals surface area (Å²) in [5, 5.41) is 4.25. The summed E-state index contributed by atoms with van der Waals surface area (Å²) in [7, 11) is 0. The second-order valence-electron chi connectivity index (χ2n) is 7.16. The van der Waals surface area contributed by atoms with Crippen molar-refractivity contribution in [2.75, 3.05) is 26.3 Å². The first kappa shape index (κ1) is 17.6. The van der Waals surface area contributed by atoms with Crippen LogP contribution in [0.5, 0.6) is 0 Å². The molecule has 2 atom stereocenters. The van der Waals surface area contributed by atoms with Crippen LogP contribution in [0, 0.1) is 13.8 Å². The van der Waals surface area contributed by atoms with E-state index in [1.165, 1.54) is 12.8 Å². The molecule has 0 bridgehead atoms. The minimum absolute atomic E-state index is 0.0227. The van der Waals surface area contributed by atoms with Gasteiger partial charge in [0.15, 0.2) is 0 Å². The standard InChI is InChI=1S/C20H25N3O2S/c1-13-19(26-14(2)21-13)15-6-5-7-16(10-15)20(24)22-17-11-25-12-18(17)23-8-3-4-9-23/h5-7,10,17-18H,3-4,8-9,11-12H2,1-2H3,(H,22,24). The number of carbonyl (C=O) groups is 1. The third-order valence-corrected chi connectivity index (χ3v) is 6.39. The summed E-state index contributed by atoms with van der Waals surface area (Å²) in [6.07, 6.45) is 2.49. The van der Waals surface area contributed by atoms with Gasteiger partial charge >= 0.3 is 0 Å². The van der Waals surface area contributed by atoms with Gasteiger partial charge in [0.1, 0.15) is 0 Å². The molecule has 2 aromatic rings. The van der Waals surface area contributed by atoms with Gasteiger partial charge in [-0.1, -0.05) is 12.1 Å². The number of hydrogen-bond donors (Lipinski definition) is 1. The molecule has 2 fully saturated rings. The molecule has 0 saturated carbocycles. The summed E-state index contributed by atoms with van der Waals surface area (Å²) in [5.74, 6) is -0.0227. The predicted molar refractivity (Wildman–Crippen MR) is 104 cm³/mol. The van der Waals surface area contributed by atoms with Crippen molar-refractivity contribution in [3.8, 4) is 10.4 Å². The highest BCUT2D eigenvalue weighted by Crippen LogP contribution is 2.30.